The topological polar surface area (TPSA) is 64.0 Å². The molecule has 0 fully saturated rings. The van der Waals surface area contributed by atoms with E-state index in [2.05, 4.69) is 16.9 Å². The Morgan fingerprint density at radius 2 is 2.14 bits per heavy atom. The first-order valence-electron chi connectivity index (χ1n) is 9.15. The number of hydrogen-bond donors (Lipinski definition) is 1. The monoisotopic (exact) mass is 413 g/mol. The highest BCUT2D eigenvalue weighted by molar-refractivity contribution is 7.99. The van der Waals surface area contributed by atoms with Gasteiger partial charge in [-0.05, 0) is 18.9 Å². The fourth-order valence-corrected chi connectivity index (χ4v) is 4.59. The van der Waals surface area contributed by atoms with Crippen LogP contribution in [0.3, 0.4) is 0 Å². The summed E-state index contributed by atoms with van der Waals surface area (Å²) in [6.45, 7) is 8.10. The molecule has 0 saturated carbocycles. The van der Waals surface area contributed by atoms with Gasteiger partial charge in [-0.1, -0.05) is 55.1 Å². The summed E-state index contributed by atoms with van der Waals surface area (Å²) in [5.41, 5.74) is 1.78. The molecular weight excluding hydrogens is 390 g/mol. The molecule has 28 heavy (non-hydrogen) atoms. The number of carbonyl (C=O) groups excluding carboxylic acids is 1. The second kappa shape index (κ2) is 9.21. The number of amides is 1. The molecule has 1 N–H and O–H groups in total. The molecule has 5 nitrogen and oxygen atoms in total. The minimum atomic E-state index is -0.102. The third-order valence-corrected chi connectivity index (χ3v) is 6.26. The maximum absolute atomic E-state index is 13.2. The first kappa shape index (κ1) is 20.4. The third-order valence-electron chi connectivity index (χ3n) is 4.41. The molecular formula is C21H23N3O2S2. The molecule has 2 heterocycles. The van der Waals surface area contributed by atoms with Gasteiger partial charge in [-0.2, -0.15) is 0 Å². The Hall–Kier alpha value is -2.38. The van der Waals surface area contributed by atoms with Crippen LogP contribution in [0.4, 0.5) is 0 Å². The Morgan fingerprint density at radius 3 is 2.82 bits per heavy atom. The molecule has 0 bridgehead atoms. The van der Waals surface area contributed by atoms with Crippen LogP contribution in [0.1, 0.15) is 20.3 Å². The molecule has 0 aliphatic rings. The number of allylic oxidation sites excluding steroid dienone is 1. The fourth-order valence-electron chi connectivity index (χ4n) is 2.78. The molecule has 1 amide bonds. The highest BCUT2D eigenvalue weighted by atomic mass is 32.2. The molecule has 0 radical (unpaired) electrons. The molecule has 7 heteroatoms. The quantitative estimate of drug-likeness (QED) is 0.339. The van der Waals surface area contributed by atoms with E-state index in [1.54, 1.807) is 10.6 Å². The van der Waals surface area contributed by atoms with E-state index in [1.807, 2.05) is 49.6 Å². The van der Waals surface area contributed by atoms with Gasteiger partial charge < -0.3 is 5.32 Å². The van der Waals surface area contributed by atoms with E-state index in [-0.39, 0.29) is 23.3 Å². The Balaban J connectivity index is 1.98. The number of fused-ring (bicyclic) bond motifs is 1. The third kappa shape index (κ3) is 4.36. The fraction of sp³-hybridized carbons (Fsp3) is 0.286. The molecule has 0 aliphatic carbocycles. The van der Waals surface area contributed by atoms with Crippen molar-refractivity contribution >= 4 is 39.2 Å². The number of thiophene rings is 1. The molecule has 3 aromatic rings. The lowest BCUT2D eigenvalue weighted by Gasteiger charge is -2.13. The van der Waals surface area contributed by atoms with E-state index in [0.29, 0.717) is 21.9 Å². The number of rotatable bonds is 8. The van der Waals surface area contributed by atoms with Crippen LogP contribution in [-0.4, -0.2) is 27.3 Å². The minimum absolute atomic E-state index is 0.0602. The zero-order chi connectivity index (χ0) is 20.1. The van der Waals surface area contributed by atoms with Gasteiger partial charge >= 0.3 is 0 Å². The predicted octanol–water partition coefficient (Wildman–Crippen LogP) is 4.32. The predicted molar refractivity (Wildman–Crippen MR) is 118 cm³/mol. The van der Waals surface area contributed by atoms with Crippen molar-refractivity contribution in [3.63, 3.8) is 0 Å². The van der Waals surface area contributed by atoms with E-state index in [9.17, 15) is 9.59 Å². The Kier molecular flexibility index (Phi) is 6.70. The molecule has 0 spiro atoms. The second-order valence-corrected chi connectivity index (χ2v) is 8.26. The van der Waals surface area contributed by atoms with Gasteiger partial charge in [0.15, 0.2) is 5.16 Å². The van der Waals surface area contributed by atoms with E-state index in [4.69, 9.17) is 0 Å². The zero-order valence-corrected chi connectivity index (χ0v) is 17.6. The van der Waals surface area contributed by atoms with Gasteiger partial charge in [-0.25, -0.2) is 4.98 Å². The van der Waals surface area contributed by atoms with Crippen molar-refractivity contribution in [2.24, 2.45) is 0 Å². The van der Waals surface area contributed by atoms with E-state index in [1.165, 1.54) is 23.1 Å². The lowest BCUT2D eigenvalue weighted by Crippen LogP contribution is -2.33. The summed E-state index contributed by atoms with van der Waals surface area (Å²) in [5, 5.41) is 6.06. The number of thioether (sulfide) groups is 1. The number of carbonyl (C=O) groups is 1. The van der Waals surface area contributed by atoms with Crippen molar-refractivity contribution in [2.45, 2.75) is 38.0 Å². The summed E-state index contributed by atoms with van der Waals surface area (Å²) in [4.78, 5) is 30.7. The van der Waals surface area contributed by atoms with Crippen LogP contribution in [0, 0.1) is 0 Å². The van der Waals surface area contributed by atoms with Crippen molar-refractivity contribution < 1.29 is 4.79 Å². The molecule has 2 aromatic heterocycles. The van der Waals surface area contributed by atoms with Gasteiger partial charge in [0.2, 0.25) is 5.91 Å². The van der Waals surface area contributed by atoms with Crippen LogP contribution < -0.4 is 10.9 Å². The number of benzene rings is 1. The van der Waals surface area contributed by atoms with Crippen LogP contribution >= 0.6 is 23.1 Å². The summed E-state index contributed by atoms with van der Waals surface area (Å²) >= 11 is 2.73. The van der Waals surface area contributed by atoms with Gasteiger partial charge in [0.05, 0.1) is 11.1 Å². The van der Waals surface area contributed by atoms with Crippen LogP contribution in [0.2, 0.25) is 0 Å². The second-order valence-electron chi connectivity index (χ2n) is 6.46. The van der Waals surface area contributed by atoms with Crippen LogP contribution in [0.15, 0.2) is 58.3 Å². The summed E-state index contributed by atoms with van der Waals surface area (Å²) < 4.78 is 1.59. The standard InChI is InChI=1S/C21H23N3O2S2/c1-4-11-24-20(26)18-16(15-9-7-6-8-10-15)12-27-19(18)23-21(24)28-13-17(25)22-14(3)5-2/h4,6-10,12,14H,1,5,11,13H2,2-3H3,(H,22,25)/t14-/m1/s1. The van der Waals surface area contributed by atoms with Crippen LogP contribution in [0.5, 0.6) is 0 Å². The Morgan fingerprint density at radius 1 is 1.39 bits per heavy atom. The minimum Gasteiger partial charge on any atom is -0.353 e. The van der Waals surface area contributed by atoms with E-state index < -0.39 is 0 Å². The number of nitrogens with one attached hydrogen (secondary N) is 1. The van der Waals surface area contributed by atoms with Gasteiger partial charge in [-0.15, -0.1) is 17.9 Å². The number of aromatic nitrogens is 2. The summed E-state index contributed by atoms with van der Waals surface area (Å²) in [6, 6.07) is 9.96. The molecule has 0 unspecified atom stereocenters. The molecule has 1 aromatic carbocycles. The van der Waals surface area contributed by atoms with E-state index in [0.717, 1.165) is 17.5 Å². The van der Waals surface area contributed by atoms with E-state index >= 15 is 0 Å². The van der Waals surface area contributed by atoms with Crippen molar-refractivity contribution in [3.8, 4) is 11.1 Å². The summed E-state index contributed by atoms with van der Waals surface area (Å²) in [6.07, 6.45) is 2.55. The lowest BCUT2D eigenvalue weighted by molar-refractivity contribution is -0.119. The SMILES string of the molecule is C=CCn1c(SCC(=O)N[C@H](C)CC)nc2scc(-c3ccccc3)c2c1=O. The highest BCUT2D eigenvalue weighted by Crippen LogP contribution is 2.32. The van der Waals surface area contributed by atoms with Crippen molar-refractivity contribution in [1.82, 2.24) is 14.9 Å². The molecule has 3 rings (SSSR count). The van der Waals surface area contributed by atoms with Crippen molar-refractivity contribution in [3.05, 3.63) is 58.7 Å². The van der Waals surface area contributed by atoms with Gasteiger partial charge in [0.1, 0.15) is 4.83 Å². The van der Waals surface area contributed by atoms with Crippen molar-refractivity contribution in [1.29, 1.82) is 0 Å². The Labute approximate surface area is 172 Å². The van der Waals surface area contributed by atoms with Crippen LogP contribution in [0.25, 0.3) is 21.3 Å². The van der Waals surface area contributed by atoms with Gasteiger partial charge in [0, 0.05) is 23.5 Å². The largest absolute Gasteiger partial charge is 0.353 e. The number of hydrogen-bond acceptors (Lipinski definition) is 5. The molecule has 146 valence electrons. The molecule has 0 aliphatic heterocycles. The summed E-state index contributed by atoms with van der Waals surface area (Å²) in [5.74, 6) is 0.158. The Bertz CT molecular complexity index is 1040. The number of nitrogens with zero attached hydrogens (tertiary/aromatic N) is 2. The zero-order valence-electron chi connectivity index (χ0n) is 16.0. The summed E-state index contributed by atoms with van der Waals surface area (Å²) in [7, 11) is 0. The average molecular weight is 414 g/mol. The highest BCUT2D eigenvalue weighted by Gasteiger charge is 2.18. The van der Waals surface area contributed by atoms with Crippen LogP contribution in [-0.2, 0) is 11.3 Å². The first-order valence-corrected chi connectivity index (χ1v) is 11.0. The van der Waals surface area contributed by atoms with Gasteiger partial charge in [-0.3, -0.25) is 14.2 Å². The molecule has 0 saturated heterocycles. The maximum Gasteiger partial charge on any atom is 0.263 e. The molecule has 1 atom stereocenters. The van der Waals surface area contributed by atoms with Gasteiger partial charge in [0.25, 0.3) is 5.56 Å². The smallest absolute Gasteiger partial charge is 0.263 e. The van der Waals surface area contributed by atoms with Crippen molar-refractivity contribution in [2.75, 3.05) is 5.75 Å². The first-order chi connectivity index (χ1) is 13.5. The maximum atomic E-state index is 13.2. The normalized spacial score (nSPS) is 12.1. The average Bonchev–Trinajstić information content (AvgIpc) is 3.13. The lowest BCUT2D eigenvalue weighted by atomic mass is 10.1.